The lowest BCUT2D eigenvalue weighted by Crippen LogP contribution is -2.31. The van der Waals surface area contributed by atoms with E-state index in [9.17, 15) is 9.59 Å². The number of unbranched alkanes of at least 4 members (excludes halogenated alkanes) is 3. The van der Waals surface area contributed by atoms with Crippen LogP contribution in [0.25, 0.3) is 22.0 Å². The molecule has 3 rings (SSSR count). The second kappa shape index (κ2) is 10.6. The maximum absolute atomic E-state index is 12.5. The molecule has 0 aliphatic carbocycles. The highest BCUT2D eigenvalue weighted by Gasteiger charge is 2.14. The summed E-state index contributed by atoms with van der Waals surface area (Å²) in [5.74, 6) is -0.247. The van der Waals surface area contributed by atoms with Crippen molar-refractivity contribution in [1.29, 1.82) is 0 Å². The maximum Gasteiger partial charge on any atom is 0.243 e. The van der Waals surface area contributed by atoms with Crippen molar-refractivity contribution in [2.45, 2.75) is 45.4 Å². The number of aromatic amines is 1. The average Bonchev–Trinajstić information content (AvgIpc) is 3.26. The molecule has 0 spiro atoms. The van der Waals surface area contributed by atoms with E-state index >= 15 is 0 Å². The highest BCUT2D eigenvalue weighted by atomic mass is 16.5. The molecule has 1 heterocycles. The molecule has 0 aliphatic heterocycles. The number of hydrogen-bond donors (Lipinski definition) is 3. The number of fused-ring (bicyclic) bond motifs is 1. The molecule has 0 aliphatic rings. The second-order valence-electron chi connectivity index (χ2n) is 7.42. The average molecular weight is 408 g/mol. The molecule has 2 amide bonds. The fourth-order valence-corrected chi connectivity index (χ4v) is 3.61. The van der Waals surface area contributed by atoms with Crippen LogP contribution in [0.4, 0.5) is 5.69 Å². The lowest BCUT2D eigenvalue weighted by Gasteiger charge is -2.23. The summed E-state index contributed by atoms with van der Waals surface area (Å²) in [6.07, 6.45) is 6.15. The van der Waals surface area contributed by atoms with Crippen LogP contribution in [-0.4, -0.2) is 28.6 Å². The highest BCUT2D eigenvalue weighted by Crippen LogP contribution is 2.26. The van der Waals surface area contributed by atoms with Gasteiger partial charge >= 0.3 is 0 Å². The van der Waals surface area contributed by atoms with Crippen LogP contribution >= 0.6 is 0 Å². The van der Waals surface area contributed by atoms with Crippen molar-refractivity contribution in [3.8, 4) is 11.1 Å². The number of carbonyl (C=O) groups excluding carboxylic acids is 2. The van der Waals surface area contributed by atoms with E-state index in [1.54, 1.807) is 5.48 Å². The van der Waals surface area contributed by atoms with Crippen molar-refractivity contribution in [3.05, 3.63) is 54.7 Å². The third-order valence-corrected chi connectivity index (χ3v) is 5.33. The lowest BCUT2D eigenvalue weighted by molar-refractivity contribution is -0.129. The number of carbonyl (C=O) groups is 2. The number of benzene rings is 2. The monoisotopic (exact) mass is 407 g/mol. The maximum atomic E-state index is 12.5. The number of amides is 2. The summed E-state index contributed by atoms with van der Waals surface area (Å²) in [7, 11) is 0. The number of hydroxylamine groups is 1. The number of rotatable bonds is 10. The third-order valence-electron chi connectivity index (χ3n) is 5.33. The number of nitrogens with one attached hydrogen (secondary N) is 2. The van der Waals surface area contributed by atoms with Crippen LogP contribution in [0, 0.1) is 0 Å². The van der Waals surface area contributed by atoms with Crippen LogP contribution < -0.4 is 10.4 Å². The van der Waals surface area contributed by atoms with Crippen molar-refractivity contribution in [2.75, 3.05) is 11.4 Å². The molecule has 158 valence electrons. The van der Waals surface area contributed by atoms with Crippen molar-refractivity contribution < 1.29 is 14.8 Å². The molecular weight excluding hydrogens is 378 g/mol. The molecule has 0 saturated carbocycles. The van der Waals surface area contributed by atoms with E-state index < -0.39 is 0 Å². The van der Waals surface area contributed by atoms with Gasteiger partial charge in [0.25, 0.3) is 0 Å². The molecule has 0 fully saturated rings. The molecule has 0 atom stereocenters. The SMILES string of the molecule is CCC(=O)N(CCCCCCC(=O)NO)c1ccc(-c2ccc3cc[nH]c3c2)cc1. The van der Waals surface area contributed by atoms with Gasteiger partial charge < -0.3 is 9.88 Å². The van der Waals surface area contributed by atoms with E-state index in [-0.39, 0.29) is 11.8 Å². The molecule has 6 heteroatoms. The number of hydrogen-bond acceptors (Lipinski definition) is 3. The first-order valence-electron chi connectivity index (χ1n) is 10.5. The Bertz CT molecular complexity index is 979. The first-order valence-corrected chi connectivity index (χ1v) is 10.5. The van der Waals surface area contributed by atoms with Gasteiger partial charge in [-0.1, -0.05) is 44.0 Å². The van der Waals surface area contributed by atoms with Gasteiger partial charge in [-0.3, -0.25) is 14.8 Å². The van der Waals surface area contributed by atoms with E-state index in [1.807, 2.05) is 30.2 Å². The summed E-state index contributed by atoms with van der Waals surface area (Å²) < 4.78 is 0. The molecule has 6 nitrogen and oxygen atoms in total. The summed E-state index contributed by atoms with van der Waals surface area (Å²) in [5, 5.41) is 9.70. The topological polar surface area (TPSA) is 85.4 Å². The fraction of sp³-hybridized carbons (Fsp3) is 0.333. The molecule has 0 saturated heterocycles. The Morgan fingerprint density at radius 3 is 2.43 bits per heavy atom. The predicted octanol–water partition coefficient (Wildman–Crippen LogP) is 5.03. The van der Waals surface area contributed by atoms with Gasteiger partial charge in [0.15, 0.2) is 0 Å². The van der Waals surface area contributed by atoms with E-state index in [0.29, 0.717) is 19.4 Å². The van der Waals surface area contributed by atoms with E-state index in [2.05, 4.69) is 41.4 Å². The Morgan fingerprint density at radius 2 is 1.70 bits per heavy atom. The van der Waals surface area contributed by atoms with Crippen LogP contribution in [0.1, 0.15) is 45.4 Å². The largest absolute Gasteiger partial charge is 0.361 e. The first kappa shape index (κ1) is 21.6. The smallest absolute Gasteiger partial charge is 0.243 e. The van der Waals surface area contributed by atoms with Gasteiger partial charge in [0, 0.05) is 36.8 Å². The molecular formula is C24H29N3O3. The number of aromatic nitrogens is 1. The highest BCUT2D eigenvalue weighted by molar-refractivity contribution is 5.93. The van der Waals surface area contributed by atoms with Crippen molar-refractivity contribution >= 4 is 28.4 Å². The van der Waals surface area contributed by atoms with Gasteiger partial charge in [0.05, 0.1) is 0 Å². The van der Waals surface area contributed by atoms with Gasteiger partial charge in [0.2, 0.25) is 11.8 Å². The van der Waals surface area contributed by atoms with Crippen molar-refractivity contribution in [2.24, 2.45) is 0 Å². The quantitative estimate of drug-likeness (QED) is 0.250. The summed E-state index contributed by atoms with van der Waals surface area (Å²) in [6, 6.07) is 16.5. The van der Waals surface area contributed by atoms with Gasteiger partial charge in [-0.2, -0.15) is 0 Å². The van der Waals surface area contributed by atoms with Crippen LogP contribution in [0.2, 0.25) is 0 Å². The normalized spacial score (nSPS) is 10.9. The van der Waals surface area contributed by atoms with Gasteiger partial charge in [-0.15, -0.1) is 0 Å². The van der Waals surface area contributed by atoms with Crippen LogP contribution in [0.15, 0.2) is 54.7 Å². The third kappa shape index (κ3) is 5.48. The minimum atomic E-state index is -0.353. The molecule has 1 aromatic heterocycles. The van der Waals surface area contributed by atoms with Crippen LogP contribution in [0.5, 0.6) is 0 Å². The van der Waals surface area contributed by atoms with Crippen molar-refractivity contribution in [3.63, 3.8) is 0 Å². The summed E-state index contributed by atoms with van der Waals surface area (Å²) in [6.45, 7) is 2.54. The number of anilines is 1. The Balaban J connectivity index is 1.61. The predicted molar refractivity (Wildman–Crippen MR) is 119 cm³/mol. The minimum Gasteiger partial charge on any atom is -0.361 e. The van der Waals surface area contributed by atoms with Crippen molar-refractivity contribution in [1.82, 2.24) is 10.5 Å². The van der Waals surface area contributed by atoms with Gasteiger partial charge in [-0.05, 0) is 53.6 Å². The first-order chi connectivity index (χ1) is 14.6. The summed E-state index contributed by atoms with van der Waals surface area (Å²) in [5.41, 5.74) is 5.91. The molecule has 3 aromatic rings. The molecule has 2 aromatic carbocycles. The van der Waals surface area contributed by atoms with Gasteiger partial charge in [-0.25, -0.2) is 5.48 Å². The van der Waals surface area contributed by atoms with E-state index in [0.717, 1.165) is 48.0 Å². The van der Waals surface area contributed by atoms with E-state index in [1.165, 1.54) is 5.39 Å². The zero-order valence-corrected chi connectivity index (χ0v) is 17.4. The van der Waals surface area contributed by atoms with E-state index in [4.69, 9.17) is 5.21 Å². The Labute approximate surface area is 176 Å². The number of H-pyrrole nitrogens is 1. The summed E-state index contributed by atoms with van der Waals surface area (Å²) in [4.78, 5) is 28.6. The molecule has 0 radical (unpaired) electrons. The molecule has 0 bridgehead atoms. The zero-order valence-electron chi connectivity index (χ0n) is 17.4. The molecule has 0 unspecified atom stereocenters. The van der Waals surface area contributed by atoms with Gasteiger partial charge in [0.1, 0.15) is 0 Å². The lowest BCUT2D eigenvalue weighted by atomic mass is 10.0. The zero-order chi connectivity index (χ0) is 21.3. The van der Waals surface area contributed by atoms with Crippen LogP contribution in [-0.2, 0) is 9.59 Å². The second-order valence-corrected chi connectivity index (χ2v) is 7.42. The minimum absolute atomic E-state index is 0.107. The Hall–Kier alpha value is -3.12. The molecule has 30 heavy (non-hydrogen) atoms. The summed E-state index contributed by atoms with van der Waals surface area (Å²) >= 11 is 0. The Kier molecular flexibility index (Phi) is 7.63. The standard InChI is InChI=1S/C24H29N3O3/c1-2-24(29)27(16-6-4-3-5-7-23(28)26-30)21-12-10-18(11-13-21)20-9-8-19-14-15-25-22(19)17-20/h8-15,17,25,30H,2-7,16H2,1H3,(H,26,28). The Morgan fingerprint density at radius 1 is 0.967 bits per heavy atom. The molecule has 3 N–H and O–H groups in total. The van der Waals surface area contributed by atoms with Crippen LogP contribution in [0.3, 0.4) is 0 Å². The number of nitrogens with zero attached hydrogens (tertiary/aromatic N) is 1. The fourth-order valence-electron chi connectivity index (χ4n) is 3.61.